The van der Waals surface area contributed by atoms with Gasteiger partial charge in [-0.25, -0.2) is 9.78 Å². The fourth-order valence-electron chi connectivity index (χ4n) is 3.62. The normalized spacial score (nSPS) is 19.5. The van der Waals surface area contributed by atoms with Crippen LogP contribution in [0.3, 0.4) is 0 Å². The Kier molecular flexibility index (Phi) is 8.59. The van der Waals surface area contributed by atoms with Gasteiger partial charge in [-0.05, 0) is 20.3 Å². The summed E-state index contributed by atoms with van der Waals surface area (Å²) in [5.74, 6) is -1.42. The number of carboxylic acids is 1. The number of anilines is 1. The predicted octanol–water partition coefficient (Wildman–Crippen LogP) is 2.28. The van der Waals surface area contributed by atoms with E-state index in [4.69, 9.17) is 27.9 Å². The minimum atomic E-state index is -1.05. The molecule has 0 aromatic carbocycles. The van der Waals surface area contributed by atoms with E-state index in [-0.39, 0.29) is 40.2 Å². The number of carbonyl (C=O) groups excluding carboxylic acids is 1. The van der Waals surface area contributed by atoms with Crippen molar-refractivity contribution in [3.8, 4) is 0 Å². The fraction of sp³-hybridized carbons (Fsp3) is 0.550. The number of ether oxygens (including phenoxy) is 1. The van der Waals surface area contributed by atoms with Crippen molar-refractivity contribution in [2.45, 2.75) is 45.1 Å². The number of thiazole rings is 1. The maximum Gasteiger partial charge on any atom is 0.347 e. The summed E-state index contributed by atoms with van der Waals surface area (Å²) in [4.78, 5) is 33.9. The molecule has 1 saturated heterocycles. The second kappa shape index (κ2) is 11.0. The zero-order valence-electron chi connectivity index (χ0n) is 18.4. The minimum Gasteiger partial charge on any atom is -0.477 e. The number of nitrogens with zero attached hydrogens (tertiary/aromatic N) is 2. The van der Waals surface area contributed by atoms with E-state index in [9.17, 15) is 19.8 Å². The van der Waals surface area contributed by atoms with Crippen LogP contribution in [0.5, 0.6) is 0 Å². The van der Waals surface area contributed by atoms with Gasteiger partial charge in [-0.3, -0.25) is 4.79 Å². The first-order chi connectivity index (χ1) is 15.6. The highest BCUT2D eigenvalue weighted by Gasteiger charge is 2.33. The summed E-state index contributed by atoms with van der Waals surface area (Å²) in [6, 6.07) is -0.275. The van der Waals surface area contributed by atoms with Gasteiger partial charge in [0.05, 0.1) is 34.0 Å². The standard InChI is InChI=1S/C20H27Cl2N5O5S/c1-9(28)6-23-7-12-17(19(30)31)33-20(26-12)27-5-4-11(13(8-27)32-3)25-18(29)16-15(22)14(21)10(2)24-16/h9,11,13,23-24,28H,4-8H2,1-3H3,(H,25,29)(H,30,31). The highest BCUT2D eigenvalue weighted by Crippen LogP contribution is 2.31. The van der Waals surface area contributed by atoms with E-state index in [0.717, 1.165) is 11.3 Å². The van der Waals surface area contributed by atoms with Crippen LogP contribution in [-0.4, -0.2) is 77.1 Å². The van der Waals surface area contributed by atoms with E-state index in [1.165, 1.54) is 0 Å². The number of hydrogen-bond acceptors (Lipinski definition) is 8. The number of aromatic carboxylic acids is 1. The van der Waals surface area contributed by atoms with E-state index in [0.29, 0.717) is 47.6 Å². The van der Waals surface area contributed by atoms with Crippen molar-refractivity contribution in [2.24, 2.45) is 0 Å². The second-order valence-corrected chi connectivity index (χ2v) is 9.63. The van der Waals surface area contributed by atoms with Crippen molar-refractivity contribution < 1.29 is 24.5 Å². The number of aliphatic hydroxyl groups is 1. The molecule has 1 fully saturated rings. The number of carboxylic acid groups (broad SMARTS) is 1. The van der Waals surface area contributed by atoms with Crippen molar-refractivity contribution in [3.63, 3.8) is 0 Å². The molecule has 13 heteroatoms. The molecule has 1 aliphatic rings. The monoisotopic (exact) mass is 519 g/mol. The number of aromatic amines is 1. The maximum absolute atomic E-state index is 12.7. The van der Waals surface area contributed by atoms with E-state index in [1.807, 2.05) is 4.90 Å². The number of hydrogen-bond donors (Lipinski definition) is 5. The molecular formula is C20H27Cl2N5O5S. The molecule has 182 valence electrons. The lowest BCUT2D eigenvalue weighted by Gasteiger charge is -2.37. The molecule has 33 heavy (non-hydrogen) atoms. The van der Waals surface area contributed by atoms with E-state index in [2.05, 4.69) is 20.6 Å². The Morgan fingerprint density at radius 3 is 2.70 bits per heavy atom. The van der Waals surface area contributed by atoms with Crippen LogP contribution in [0.4, 0.5) is 5.13 Å². The summed E-state index contributed by atoms with van der Waals surface area (Å²) in [6.45, 7) is 4.92. The number of aliphatic hydroxyl groups excluding tert-OH is 1. The lowest BCUT2D eigenvalue weighted by Crippen LogP contribution is -2.55. The molecule has 2 aromatic rings. The Balaban J connectivity index is 1.69. The quantitative estimate of drug-likeness (QED) is 0.339. The third-order valence-corrected chi connectivity index (χ3v) is 7.44. The molecule has 0 radical (unpaired) electrons. The molecule has 3 rings (SSSR count). The van der Waals surface area contributed by atoms with Crippen LogP contribution in [0.15, 0.2) is 0 Å². The molecule has 0 spiro atoms. The lowest BCUT2D eigenvalue weighted by atomic mass is 10.0. The zero-order valence-corrected chi connectivity index (χ0v) is 20.8. The summed E-state index contributed by atoms with van der Waals surface area (Å²) in [6.07, 6.45) is -0.330. The van der Waals surface area contributed by atoms with Crippen molar-refractivity contribution in [2.75, 3.05) is 31.6 Å². The average molecular weight is 520 g/mol. The summed E-state index contributed by atoms with van der Waals surface area (Å²) in [5.41, 5.74) is 1.24. The number of amides is 1. The topological polar surface area (TPSA) is 140 Å². The number of piperidine rings is 1. The van der Waals surface area contributed by atoms with Crippen LogP contribution < -0.4 is 15.5 Å². The number of nitrogens with one attached hydrogen (secondary N) is 3. The number of aromatic nitrogens is 2. The minimum absolute atomic E-state index is 0.154. The number of rotatable bonds is 9. The van der Waals surface area contributed by atoms with Crippen molar-refractivity contribution >= 4 is 51.5 Å². The Hall–Kier alpha value is -1.89. The van der Waals surface area contributed by atoms with Gasteiger partial charge in [0.1, 0.15) is 10.6 Å². The molecule has 5 N–H and O–H groups in total. The molecule has 3 atom stereocenters. The van der Waals surface area contributed by atoms with Crippen LogP contribution in [0.25, 0.3) is 0 Å². The molecule has 3 unspecified atom stereocenters. The smallest absolute Gasteiger partial charge is 0.347 e. The van der Waals surface area contributed by atoms with Crippen LogP contribution in [-0.2, 0) is 11.3 Å². The molecule has 1 aliphatic heterocycles. The number of halogens is 2. The van der Waals surface area contributed by atoms with Gasteiger partial charge < -0.3 is 35.5 Å². The summed E-state index contributed by atoms with van der Waals surface area (Å²) in [5, 5.41) is 26.0. The SMILES string of the molecule is COC1CN(c2nc(CNCC(C)O)c(C(=O)O)s2)CCC1NC(=O)c1[nH]c(C)c(Cl)c1Cl. The van der Waals surface area contributed by atoms with Gasteiger partial charge in [-0.15, -0.1) is 0 Å². The zero-order chi connectivity index (χ0) is 24.3. The number of aryl methyl sites for hydroxylation is 1. The Morgan fingerprint density at radius 2 is 2.12 bits per heavy atom. The molecule has 0 saturated carbocycles. The lowest BCUT2D eigenvalue weighted by molar-refractivity contribution is 0.0540. The van der Waals surface area contributed by atoms with Crippen LogP contribution in [0.1, 0.15) is 44.9 Å². The second-order valence-electron chi connectivity index (χ2n) is 7.90. The van der Waals surface area contributed by atoms with Crippen molar-refractivity contribution in [3.05, 3.63) is 32.0 Å². The highest BCUT2D eigenvalue weighted by molar-refractivity contribution is 7.17. The van der Waals surface area contributed by atoms with Gasteiger partial charge in [0.25, 0.3) is 5.91 Å². The largest absolute Gasteiger partial charge is 0.477 e. The van der Waals surface area contributed by atoms with E-state index < -0.39 is 12.1 Å². The third-order valence-electron chi connectivity index (χ3n) is 5.34. The van der Waals surface area contributed by atoms with Crippen molar-refractivity contribution in [1.29, 1.82) is 0 Å². The fourth-order valence-corrected chi connectivity index (χ4v) is 5.00. The van der Waals surface area contributed by atoms with Gasteiger partial charge in [0.2, 0.25) is 0 Å². The van der Waals surface area contributed by atoms with Gasteiger partial charge in [-0.2, -0.15) is 0 Å². The third kappa shape index (κ3) is 5.97. The highest BCUT2D eigenvalue weighted by atomic mass is 35.5. The van der Waals surface area contributed by atoms with E-state index in [1.54, 1.807) is 21.0 Å². The maximum atomic E-state index is 12.7. The predicted molar refractivity (Wildman–Crippen MR) is 127 cm³/mol. The van der Waals surface area contributed by atoms with Crippen LogP contribution in [0, 0.1) is 6.92 Å². The van der Waals surface area contributed by atoms with Gasteiger partial charge in [0, 0.05) is 39.0 Å². The van der Waals surface area contributed by atoms with Crippen molar-refractivity contribution in [1.82, 2.24) is 20.6 Å². The molecular weight excluding hydrogens is 493 g/mol. The van der Waals surface area contributed by atoms with Crippen LogP contribution >= 0.6 is 34.5 Å². The Morgan fingerprint density at radius 1 is 1.39 bits per heavy atom. The first-order valence-corrected chi connectivity index (χ1v) is 11.9. The summed E-state index contributed by atoms with van der Waals surface area (Å²) in [7, 11) is 1.56. The number of carbonyl (C=O) groups is 2. The van der Waals surface area contributed by atoms with Gasteiger partial charge in [0.15, 0.2) is 5.13 Å². The van der Waals surface area contributed by atoms with Gasteiger partial charge in [-0.1, -0.05) is 34.5 Å². The number of methoxy groups -OCH3 is 1. The Labute approximate surface area is 205 Å². The molecule has 1 amide bonds. The summed E-state index contributed by atoms with van der Waals surface area (Å²) < 4.78 is 5.62. The van der Waals surface area contributed by atoms with E-state index >= 15 is 0 Å². The van der Waals surface area contributed by atoms with Gasteiger partial charge >= 0.3 is 5.97 Å². The first-order valence-electron chi connectivity index (χ1n) is 10.4. The van der Waals surface area contributed by atoms with Crippen LogP contribution in [0.2, 0.25) is 10.0 Å². The molecule has 3 heterocycles. The number of H-pyrrole nitrogens is 1. The average Bonchev–Trinajstić information content (AvgIpc) is 3.30. The summed E-state index contributed by atoms with van der Waals surface area (Å²) >= 11 is 13.3. The molecule has 0 aliphatic carbocycles. The first kappa shape index (κ1) is 25.7. The molecule has 10 nitrogen and oxygen atoms in total. The Bertz CT molecular complexity index is 1010. The molecule has 0 bridgehead atoms. The molecule has 2 aromatic heterocycles.